The molecule has 0 bridgehead atoms. The van der Waals surface area contributed by atoms with Gasteiger partial charge in [-0.25, -0.2) is 0 Å². The van der Waals surface area contributed by atoms with Gasteiger partial charge in [-0.3, -0.25) is 4.79 Å². The summed E-state index contributed by atoms with van der Waals surface area (Å²) in [6.07, 6.45) is 0.489. The minimum atomic E-state index is -0.328. The Labute approximate surface area is 140 Å². The first kappa shape index (κ1) is 20.3. The van der Waals surface area contributed by atoms with Gasteiger partial charge in [-0.1, -0.05) is 28.1 Å². The number of halogens is 2. The SMILES string of the molecule is COC(CNCC(=O)NCCc1ccc(Br)cc1)OC.Cl. The predicted octanol–water partition coefficient (Wildman–Crippen LogP) is 1.74. The molecule has 7 heteroatoms. The van der Waals surface area contributed by atoms with E-state index in [0.717, 1.165) is 10.9 Å². The Hall–Kier alpha value is -0.660. The molecule has 5 nitrogen and oxygen atoms in total. The Kier molecular flexibility index (Phi) is 11.6. The lowest BCUT2D eigenvalue weighted by Crippen LogP contribution is -2.38. The average Bonchev–Trinajstić information content (AvgIpc) is 2.46. The maximum absolute atomic E-state index is 11.6. The number of hydrogen-bond donors (Lipinski definition) is 2. The smallest absolute Gasteiger partial charge is 0.233 e. The van der Waals surface area contributed by atoms with Crippen LogP contribution in [-0.2, 0) is 20.7 Å². The monoisotopic (exact) mass is 380 g/mol. The van der Waals surface area contributed by atoms with Gasteiger partial charge >= 0.3 is 0 Å². The molecule has 1 rings (SSSR count). The molecule has 0 radical (unpaired) electrons. The van der Waals surface area contributed by atoms with Crippen LogP contribution in [0.15, 0.2) is 28.7 Å². The molecular formula is C14H22BrClN2O3. The number of carbonyl (C=O) groups is 1. The summed E-state index contributed by atoms with van der Waals surface area (Å²) >= 11 is 3.39. The predicted molar refractivity (Wildman–Crippen MR) is 88.8 cm³/mol. The first-order valence-corrected chi connectivity index (χ1v) is 7.22. The zero-order valence-electron chi connectivity index (χ0n) is 12.2. The van der Waals surface area contributed by atoms with E-state index in [1.165, 1.54) is 5.56 Å². The van der Waals surface area contributed by atoms with Crippen LogP contribution in [0.25, 0.3) is 0 Å². The van der Waals surface area contributed by atoms with Gasteiger partial charge in [0.05, 0.1) is 6.54 Å². The lowest BCUT2D eigenvalue weighted by Gasteiger charge is -2.13. The molecule has 0 unspecified atom stereocenters. The molecule has 2 N–H and O–H groups in total. The largest absolute Gasteiger partial charge is 0.355 e. The van der Waals surface area contributed by atoms with Gasteiger partial charge in [0.15, 0.2) is 6.29 Å². The van der Waals surface area contributed by atoms with E-state index in [9.17, 15) is 4.79 Å². The van der Waals surface area contributed by atoms with E-state index in [-0.39, 0.29) is 31.1 Å². The van der Waals surface area contributed by atoms with E-state index in [0.29, 0.717) is 13.1 Å². The van der Waals surface area contributed by atoms with Crippen LogP contribution in [0.5, 0.6) is 0 Å². The van der Waals surface area contributed by atoms with Crippen molar-refractivity contribution >= 4 is 34.2 Å². The molecule has 0 saturated carbocycles. The van der Waals surface area contributed by atoms with Crippen LogP contribution in [0.4, 0.5) is 0 Å². The minimum absolute atomic E-state index is 0. The number of methoxy groups -OCH3 is 2. The number of hydrogen-bond acceptors (Lipinski definition) is 4. The molecular weight excluding hydrogens is 360 g/mol. The van der Waals surface area contributed by atoms with Crippen molar-refractivity contribution < 1.29 is 14.3 Å². The minimum Gasteiger partial charge on any atom is -0.355 e. The van der Waals surface area contributed by atoms with Crippen molar-refractivity contribution in [2.75, 3.05) is 33.9 Å². The highest BCUT2D eigenvalue weighted by Gasteiger charge is 2.06. The fourth-order valence-electron chi connectivity index (χ4n) is 1.63. The summed E-state index contributed by atoms with van der Waals surface area (Å²) in [5.74, 6) is -0.0342. The van der Waals surface area contributed by atoms with Crippen LogP contribution >= 0.6 is 28.3 Å². The highest BCUT2D eigenvalue weighted by atomic mass is 79.9. The maximum Gasteiger partial charge on any atom is 0.233 e. The Bertz CT molecular complexity index is 400. The van der Waals surface area contributed by atoms with Crippen LogP contribution in [0.3, 0.4) is 0 Å². The first-order valence-electron chi connectivity index (χ1n) is 6.43. The Morgan fingerprint density at radius 1 is 1.24 bits per heavy atom. The van der Waals surface area contributed by atoms with Crippen molar-refractivity contribution in [3.05, 3.63) is 34.3 Å². The third-order valence-electron chi connectivity index (χ3n) is 2.77. The van der Waals surface area contributed by atoms with Crippen LogP contribution in [0, 0.1) is 0 Å². The Morgan fingerprint density at radius 3 is 2.43 bits per heavy atom. The van der Waals surface area contributed by atoms with Crippen LogP contribution in [0.2, 0.25) is 0 Å². The second kappa shape index (κ2) is 11.9. The molecule has 21 heavy (non-hydrogen) atoms. The lowest BCUT2D eigenvalue weighted by molar-refractivity contribution is -0.121. The van der Waals surface area contributed by atoms with E-state index in [1.54, 1.807) is 14.2 Å². The second-order valence-electron chi connectivity index (χ2n) is 4.26. The molecule has 0 aliphatic heterocycles. The van der Waals surface area contributed by atoms with Crippen LogP contribution in [0.1, 0.15) is 5.56 Å². The third kappa shape index (κ3) is 9.06. The number of nitrogens with one attached hydrogen (secondary N) is 2. The maximum atomic E-state index is 11.6. The number of carbonyl (C=O) groups excluding carboxylic acids is 1. The van der Waals surface area contributed by atoms with Crippen molar-refractivity contribution in [1.29, 1.82) is 0 Å². The van der Waals surface area contributed by atoms with Crippen molar-refractivity contribution in [2.24, 2.45) is 0 Å². The van der Waals surface area contributed by atoms with Crippen LogP contribution < -0.4 is 10.6 Å². The fourth-order valence-corrected chi connectivity index (χ4v) is 1.89. The molecule has 0 aliphatic rings. The highest BCUT2D eigenvalue weighted by molar-refractivity contribution is 9.10. The van der Waals surface area contributed by atoms with Gasteiger partial charge in [0, 0.05) is 31.8 Å². The van der Waals surface area contributed by atoms with E-state index >= 15 is 0 Å². The summed E-state index contributed by atoms with van der Waals surface area (Å²) in [5.41, 5.74) is 1.19. The summed E-state index contributed by atoms with van der Waals surface area (Å²) in [6.45, 7) is 1.36. The molecule has 0 heterocycles. The molecule has 0 saturated heterocycles. The quantitative estimate of drug-likeness (QED) is 0.640. The van der Waals surface area contributed by atoms with Crippen molar-refractivity contribution in [1.82, 2.24) is 10.6 Å². The molecule has 0 fully saturated rings. The van der Waals surface area contributed by atoms with Gasteiger partial charge in [0.2, 0.25) is 5.91 Å². The lowest BCUT2D eigenvalue weighted by atomic mass is 10.1. The molecule has 1 aromatic carbocycles. The molecule has 1 amide bonds. The van der Waals surface area contributed by atoms with E-state index in [2.05, 4.69) is 26.6 Å². The van der Waals surface area contributed by atoms with E-state index < -0.39 is 0 Å². The fraction of sp³-hybridized carbons (Fsp3) is 0.500. The summed E-state index contributed by atoms with van der Waals surface area (Å²) in [7, 11) is 3.13. The van der Waals surface area contributed by atoms with Crippen molar-refractivity contribution in [3.8, 4) is 0 Å². The molecule has 1 aromatic rings. The number of rotatable bonds is 9. The summed E-state index contributed by atoms with van der Waals surface area (Å²) < 4.78 is 11.1. The highest BCUT2D eigenvalue weighted by Crippen LogP contribution is 2.10. The van der Waals surface area contributed by atoms with Gasteiger partial charge in [0.25, 0.3) is 0 Å². The van der Waals surface area contributed by atoms with Gasteiger partial charge in [-0.2, -0.15) is 0 Å². The standard InChI is InChI=1S/C14H21BrN2O3.ClH/c1-19-14(20-2)10-16-9-13(18)17-8-7-11-3-5-12(15)6-4-11;/h3-6,14,16H,7-10H2,1-2H3,(H,17,18);1H. The van der Waals surface area contributed by atoms with Gasteiger partial charge in [-0.05, 0) is 24.1 Å². The Balaban J connectivity index is 0.00000400. The summed E-state index contributed by atoms with van der Waals surface area (Å²) in [5, 5.41) is 5.84. The number of amides is 1. The number of ether oxygens (including phenoxy) is 2. The first-order chi connectivity index (χ1) is 9.65. The second-order valence-corrected chi connectivity index (χ2v) is 5.17. The van der Waals surface area contributed by atoms with E-state index in [4.69, 9.17) is 9.47 Å². The van der Waals surface area contributed by atoms with Gasteiger partial charge < -0.3 is 20.1 Å². The molecule has 120 valence electrons. The van der Waals surface area contributed by atoms with Crippen LogP contribution in [-0.4, -0.2) is 46.1 Å². The van der Waals surface area contributed by atoms with Crippen molar-refractivity contribution in [2.45, 2.75) is 12.7 Å². The molecule has 0 atom stereocenters. The summed E-state index contributed by atoms with van der Waals surface area (Å²) in [6, 6.07) is 8.06. The Morgan fingerprint density at radius 2 is 1.86 bits per heavy atom. The zero-order chi connectivity index (χ0) is 14.8. The average molecular weight is 382 g/mol. The van der Waals surface area contributed by atoms with Gasteiger partial charge in [0.1, 0.15) is 0 Å². The third-order valence-corrected chi connectivity index (χ3v) is 3.30. The topological polar surface area (TPSA) is 59.6 Å². The normalized spacial score (nSPS) is 10.3. The van der Waals surface area contributed by atoms with Crippen molar-refractivity contribution in [3.63, 3.8) is 0 Å². The molecule has 0 spiro atoms. The van der Waals surface area contributed by atoms with Gasteiger partial charge in [-0.15, -0.1) is 12.4 Å². The molecule has 0 aliphatic carbocycles. The molecule has 0 aromatic heterocycles. The number of benzene rings is 1. The zero-order valence-corrected chi connectivity index (χ0v) is 14.6. The summed E-state index contributed by atoms with van der Waals surface area (Å²) in [4.78, 5) is 11.6. The van der Waals surface area contributed by atoms with E-state index in [1.807, 2.05) is 24.3 Å².